The fraction of sp³-hybridized carbons (Fsp3) is 0.316. The van der Waals surface area contributed by atoms with Crippen molar-refractivity contribution in [2.24, 2.45) is 0 Å². The first-order chi connectivity index (χ1) is 12.0. The first-order valence-corrected chi connectivity index (χ1v) is 8.12. The topological polar surface area (TPSA) is 80.3 Å². The van der Waals surface area contributed by atoms with Gasteiger partial charge >= 0.3 is 0 Å². The molecule has 1 aromatic carbocycles. The summed E-state index contributed by atoms with van der Waals surface area (Å²) in [5, 5.41) is 5.60. The predicted octanol–water partition coefficient (Wildman–Crippen LogP) is 2.72. The number of carbonyl (C=O) groups excluding carboxylic acids is 2. The minimum Gasteiger partial charge on any atom is -0.385 e. The van der Waals surface area contributed by atoms with E-state index in [1.54, 1.807) is 13.2 Å². The third kappa shape index (κ3) is 5.69. The zero-order valence-corrected chi connectivity index (χ0v) is 14.8. The van der Waals surface area contributed by atoms with Crippen molar-refractivity contribution < 1.29 is 14.3 Å². The van der Waals surface area contributed by atoms with E-state index in [0.29, 0.717) is 24.4 Å². The standard InChI is InChI=1S/C19H23N3O3/c1-13-9-14(2)11-16(10-13)22-19(24)17-12-15(5-7-20-17)18(23)21-6-4-8-25-3/h5,7,9-12H,4,6,8H2,1-3H3,(H,21,23)(H,22,24). The Morgan fingerprint density at radius 3 is 2.48 bits per heavy atom. The molecule has 0 unspecified atom stereocenters. The molecule has 1 aromatic heterocycles. The first kappa shape index (κ1) is 18.6. The third-order valence-corrected chi connectivity index (χ3v) is 3.55. The number of hydrogen-bond acceptors (Lipinski definition) is 4. The highest BCUT2D eigenvalue weighted by Crippen LogP contribution is 2.15. The number of nitrogens with one attached hydrogen (secondary N) is 2. The Labute approximate surface area is 147 Å². The highest BCUT2D eigenvalue weighted by atomic mass is 16.5. The van der Waals surface area contributed by atoms with Crippen molar-refractivity contribution in [2.75, 3.05) is 25.6 Å². The van der Waals surface area contributed by atoms with E-state index in [9.17, 15) is 9.59 Å². The van der Waals surface area contributed by atoms with E-state index in [0.717, 1.165) is 17.5 Å². The lowest BCUT2D eigenvalue weighted by atomic mass is 10.1. The molecule has 0 aliphatic rings. The van der Waals surface area contributed by atoms with E-state index in [-0.39, 0.29) is 17.5 Å². The average molecular weight is 341 g/mol. The molecule has 2 rings (SSSR count). The van der Waals surface area contributed by atoms with Crippen LogP contribution < -0.4 is 10.6 Å². The smallest absolute Gasteiger partial charge is 0.274 e. The Morgan fingerprint density at radius 2 is 1.80 bits per heavy atom. The van der Waals surface area contributed by atoms with E-state index < -0.39 is 0 Å². The highest BCUT2D eigenvalue weighted by Gasteiger charge is 2.12. The van der Waals surface area contributed by atoms with Crippen LogP contribution in [0.25, 0.3) is 0 Å². The summed E-state index contributed by atoms with van der Waals surface area (Å²) in [4.78, 5) is 28.6. The molecule has 0 aliphatic carbocycles. The van der Waals surface area contributed by atoms with Gasteiger partial charge in [0.05, 0.1) is 0 Å². The Morgan fingerprint density at radius 1 is 1.08 bits per heavy atom. The molecule has 2 aromatic rings. The molecule has 0 spiro atoms. The Balaban J connectivity index is 2.04. The lowest BCUT2D eigenvalue weighted by molar-refractivity contribution is 0.0948. The van der Waals surface area contributed by atoms with Crippen LogP contribution in [0.5, 0.6) is 0 Å². The number of hydrogen-bond donors (Lipinski definition) is 2. The van der Waals surface area contributed by atoms with Crippen molar-refractivity contribution in [3.8, 4) is 0 Å². The van der Waals surface area contributed by atoms with Crippen molar-refractivity contribution in [3.63, 3.8) is 0 Å². The third-order valence-electron chi connectivity index (χ3n) is 3.55. The molecule has 2 N–H and O–H groups in total. The number of nitrogens with zero attached hydrogens (tertiary/aromatic N) is 1. The summed E-state index contributed by atoms with van der Waals surface area (Å²) in [6.07, 6.45) is 2.19. The molecule has 6 nitrogen and oxygen atoms in total. The molecule has 0 bridgehead atoms. The van der Waals surface area contributed by atoms with Crippen molar-refractivity contribution in [1.82, 2.24) is 10.3 Å². The summed E-state index contributed by atoms with van der Waals surface area (Å²) < 4.78 is 4.94. The Kier molecular flexibility index (Phi) is 6.65. The van der Waals surface area contributed by atoms with Gasteiger partial charge in [0.2, 0.25) is 0 Å². The lowest BCUT2D eigenvalue weighted by Crippen LogP contribution is -2.25. The minimum absolute atomic E-state index is 0.198. The van der Waals surface area contributed by atoms with Gasteiger partial charge in [0.15, 0.2) is 0 Å². The number of aryl methyl sites for hydroxylation is 2. The van der Waals surface area contributed by atoms with Crippen LogP contribution in [-0.2, 0) is 4.74 Å². The molecule has 25 heavy (non-hydrogen) atoms. The van der Waals surface area contributed by atoms with E-state index >= 15 is 0 Å². The molecule has 0 saturated carbocycles. The number of pyridine rings is 1. The molecule has 0 aliphatic heterocycles. The molecule has 2 amide bonds. The van der Waals surface area contributed by atoms with Gasteiger partial charge in [-0.25, -0.2) is 0 Å². The summed E-state index contributed by atoms with van der Waals surface area (Å²) in [5.74, 6) is -0.585. The van der Waals surface area contributed by atoms with Crippen LogP contribution in [0, 0.1) is 13.8 Å². The van der Waals surface area contributed by atoms with E-state index in [1.165, 1.54) is 12.3 Å². The van der Waals surface area contributed by atoms with Crippen molar-refractivity contribution in [2.45, 2.75) is 20.3 Å². The predicted molar refractivity (Wildman–Crippen MR) is 96.9 cm³/mol. The van der Waals surface area contributed by atoms with Gasteiger partial charge in [0, 0.05) is 37.7 Å². The molecule has 132 valence electrons. The molecule has 1 heterocycles. The van der Waals surface area contributed by atoms with Crippen molar-refractivity contribution >= 4 is 17.5 Å². The first-order valence-electron chi connectivity index (χ1n) is 8.12. The second-order valence-electron chi connectivity index (χ2n) is 5.86. The number of benzene rings is 1. The maximum Gasteiger partial charge on any atom is 0.274 e. The average Bonchev–Trinajstić information content (AvgIpc) is 2.57. The fourth-order valence-corrected chi connectivity index (χ4v) is 2.46. The Bertz CT molecular complexity index is 739. The second kappa shape index (κ2) is 8.94. The summed E-state index contributed by atoms with van der Waals surface area (Å²) >= 11 is 0. The number of methoxy groups -OCH3 is 1. The largest absolute Gasteiger partial charge is 0.385 e. The fourth-order valence-electron chi connectivity index (χ4n) is 2.46. The molecule has 0 radical (unpaired) electrons. The number of rotatable bonds is 7. The van der Waals surface area contributed by atoms with Crippen LogP contribution in [0.2, 0.25) is 0 Å². The van der Waals surface area contributed by atoms with Crippen molar-refractivity contribution in [3.05, 3.63) is 58.9 Å². The maximum absolute atomic E-state index is 12.4. The monoisotopic (exact) mass is 341 g/mol. The van der Waals surface area contributed by atoms with Crippen LogP contribution in [-0.4, -0.2) is 37.1 Å². The second-order valence-corrected chi connectivity index (χ2v) is 5.86. The van der Waals surface area contributed by atoms with Gasteiger partial charge in [0.1, 0.15) is 5.69 Å². The number of anilines is 1. The zero-order chi connectivity index (χ0) is 18.2. The van der Waals surface area contributed by atoms with E-state index in [1.807, 2.05) is 32.0 Å². The summed E-state index contributed by atoms with van der Waals surface area (Å²) in [7, 11) is 1.62. The van der Waals surface area contributed by atoms with Crippen molar-refractivity contribution in [1.29, 1.82) is 0 Å². The van der Waals surface area contributed by atoms with Gasteiger partial charge in [0.25, 0.3) is 11.8 Å². The number of aromatic nitrogens is 1. The summed E-state index contributed by atoms with van der Waals surface area (Å²) in [5.41, 5.74) is 3.43. The normalized spacial score (nSPS) is 10.4. The highest BCUT2D eigenvalue weighted by molar-refractivity contribution is 6.04. The SMILES string of the molecule is COCCCNC(=O)c1ccnc(C(=O)Nc2cc(C)cc(C)c2)c1. The van der Waals surface area contributed by atoms with Crippen LogP contribution in [0.4, 0.5) is 5.69 Å². The molecule has 0 saturated heterocycles. The van der Waals surface area contributed by atoms with Gasteiger partial charge in [-0.2, -0.15) is 0 Å². The van der Waals surface area contributed by atoms with Gasteiger partial charge in [-0.3, -0.25) is 14.6 Å². The van der Waals surface area contributed by atoms with Crippen LogP contribution >= 0.6 is 0 Å². The summed E-state index contributed by atoms with van der Waals surface area (Å²) in [6.45, 7) is 5.03. The minimum atomic E-state index is -0.348. The van der Waals surface area contributed by atoms with E-state index in [2.05, 4.69) is 15.6 Å². The Hall–Kier alpha value is -2.73. The number of amides is 2. The summed E-state index contributed by atoms with van der Waals surface area (Å²) in [6, 6.07) is 8.87. The maximum atomic E-state index is 12.4. The zero-order valence-electron chi connectivity index (χ0n) is 14.8. The van der Waals surface area contributed by atoms with E-state index in [4.69, 9.17) is 4.74 Å². The molecular weight excluding hydrogens is 318 g/mol. The lowest BCUT2D eigenvalue weighted by Gasteiger charge is -2.09. The van der Waals surface area contributed by atoms with Crippen LogP contribution in [0.3, 0.4) is 0 Å². The van der Waals surface area contributed by atoms with Crippen LogP contribution in [0.1, 0.15) is 38.4 Å². The molecular formula is C19H23N3O3. The quantitative estimate of drug-likeness (QED) is 0.759. The number of ether oxygens (including phenoxy) is 1. The van der Waals surface area contributed by atoms with Crippen LogP contribution in [0.15, 0.2) is 36.5 Å². The van der Waals surface area contributed by atoms with Gasteiger partial charge < -0.3 is 15.4 Å². The van der Waals surface area contributed by atoms with Gasteiger partial charge in [-0.15, -0.1) is 0 Å². The molecule has 0 atom stereocenters. The van der Waals surface area contributed by atoms with Gasteiger partial charge in [-0.05, 0) is 55.7 Å². The molecule has 0 fully saturated rings. The molecule has 6 heteroatoms. The number of carbonyl (C=O) groups is 2. The van der Waals surface area contributed by atoms with Gasteiger partial charge in [-0.1, -0.05) is 6.07 Å².